The van der Waals surface area contributed by atoms with Crippen molar-refractivity contribution < 1.29 is 4.74 Å². The molecule has 0 fully saturated rings. The summed E-state index contributed by atoms with van der Waals surface area (Å²) in [5, 5.41) is 0. The predicted octanol–water partition coefficient (Wildman–Crippen LogP) is 3.43. The van der Waals surface area contributed by atoms with Crippen molar-refractivity contribution in [3.05, 3.63) is 11.8 Å². The molecule has 1 atom stereocenters. The smallest absolute Gasteiger partial charge is 0.105 e. The number of allylic oxidation sites excluding steroid dienone is 1. The SMILES string of the molecule is CC(C)C.CO/C(=C\C(C)C(C)C)CN. The van der Waals surface area contributed by atoms with Crippen molar-refractivity contribution in [3.63, 3.8) is 0 Å². The van der Waals surface area contributed by atoms with Crippen molar-refractivity contribution in [1.82, 2.24) is 0 Å². The van der Waals surface area contributed by atoms with Gasteiger partial charge in [0, 0.05) is 0 Å². The van der Waals surface area contributed by atoms with Crippen LogP contribution in [0.25, 0.3) is 0 Å². The van der Waals surface area contributed by atoms with Crippen molar-refractivity contribution >= 4 is 0 Å². The zero-order valence-electron chi connectivity index (χ0n) is 11.5. The van der Waals surface area contributed by atoms with Crippen molar-refractivity contribution in [1.29, 1.82) is 0 Å². The number of ether oxygens (including phenoxy) is 1. The Balaban J connectivity index is 0. The highest BCUT2D eigenvalue weighted by atomic mass is 16.5. The van der Waals surface area contributed by atoms with Crippen LogP contribution in [0.4, 0.5) is 0 Å². The molecule has 0 heterocycles. The van der Waals surface area contributed by atoms with Crippen molar-refractivity contribution in [3.8, 4) is 0 Å². The lowest BCUT2D eigenvalue weighted by Gasteiger charge is -2.12. The van der Waals surface area contributed by atoms with Crippen LogP contribution in [-0.4, -0.2) is 13.7 Å². The molecule has 0 bridgehead atoms. The average Bonchev–Trinajstić information content (AvgIpc) is 2.12. The standard InChI is InChI=1S/C9H19NO.C4H10/c1-7(2)8(3)5-9(6-10)11-4;1-4(2)3/h5,7-8H,6,10H2,1-4H3;4H,1-3H3/b9-5-;. The second-order valence-electron chi connectivity index (χ2n) is 4.88. The maximum Gasteiger partial charge on any atom is 0.105 e. The van der Waals surface area contributed by atoms with Gasteiger partial charge in [-0.3, -0.25) is 0 Å². The molecule has 0 rings (SSSR count). The van der Waals surface area contributed by atoms with E-state index in [1.165, 1.54) is 0 Å². The van der Waals surface area contributed by atoms with Gasteiger partial charge in [-0.1, -0.05) is 41.5 Å². The highest BCUT2D eigenvalue weighted by Crippen LogP contribution is 2.13. The van der Waals surface area contributed by atoms with E-state index in [2.05, 4.69) is 47.6 Å². The maximum atomic E-state index is 5.44. The normalized spacial score (nSPS) is 13.6. The largest absolute Gasteiger partial charge is 0.500 e. The average molecular weight is 215 g/mol. The molecule has 0 radical (unpaired) electrons. The first-order valence-corrected chi connectivity index (χ1v) is 5.79. The third-order valence-corrected chi connectivity index (χ3v) is 1.96. The van der Waals surface area contributed by atoms with Crippen LogP contribution in [0, 0.1) is 17.8 Å². The molecule has 0 aliphatic rings. The Morgan fingerprint density at radius 2 is 1.53 bits per heavy atom. The Kier molecular flexibility index (Phi) is 11.3. The molecule has 0 aliphatic carbocycles. The van der Waals surface area contributed by atoms with E-state index in [4.69, 9.17) is 10.5 Å². The van der Waals surface area contributed by atoms with Gasteiger partial charge >= 0.3 is 0 Å². The quantitative estimate of drug-likeness (QED) is 0.729. The lowest BCUT2D eigenvalue weighted by Crippen LogP contribution is -2.08. The molecule has 0 aliphatic heterocycles. The lowest BCUT2D eigenvalue weighted by atomic mass is 9.97. The first-order chi connectivity index (χ1) is 6.84. The molecule has 0 amide bonds. The highest BCUT2D eigenvalue weighted by Gasteiger charge is 2.04. The Labute approximate surface area is 95.9 Å². The van der Waals surface area contributed by atoms with Gasteiger partial charge in [0.2, 0.25) is 0 Å². The van der Waals surface area contributed by atoms with E-state index in [0.717, 1.165) is 11.7 Å². The summed E-state index contributed by atoms with van der Waals surface area (Å²) in [6, 6.07) is 0. The fourth-order valence-electron chi connectivity index (χ4n) is 0.705. The van der Waals surface area contributed by atoms with E-state index in [1.54, 1.807) is 7.11 Å². The molecule has 92 valence electrons. The fourth-order valence-corrected chi connectivity index (χ4v) is 0.705. The van der Waals surface area contributed by atoms with E-state index in [1.807, 2.05) is 0 Å². The van der Waals surface area contributed by atoms with Crippen molar-refractivity contribution in [2.24, 2.45) is 23.5 Å². The molecular formula is C13H29NO. The predicted molar refractivity (Wildman–Crippen MR) is 68.7 cm³/mol. The van der Waals surface area contributed by atoms with Gasteiger partial charge in [-0.2, -0.15) is 0 Å². The van der Waals surface area contributed by atoms with E-state index in [9.17, 15) is 0 Å². The van der Waals surface area contributed by atoms with Gasteiger partial charge in [-0.15, -0.1) is 0 Å². The Morgan fingerprint density at radius 3 is 1.73 bits per heavy atom. The number of hydrogen-bond donors (Lipinski definition) is 1. The highest BCUT2D eigenvalue weighted by molar-refractivity contribution is 4.97. The van der Waals surface area contributed by atoms with E-state index in [-0.39, 0.29) is 0 Å². The van der Waals surface area contributed by atoms with Crippen LogP contribution in [0.3, 0.4) is 0 Å². The van der Waals surface area contributed by atoms with Crippen LogP contribution < -0.4 is 5.73 Å². The Morgan fingerprint density at radius 1 is 1.13 bits per heavy atom. The van der Waals surface area contributed by atoms with Crippen LogP contribution in [0.5, 0.6) is 0 Å². The Hall–Kier alpha value is -0.500. The van der Waals surface area contributed by atoms with Crippen molar-refractivity contribution in [2.45, 2.75) is 41.5 Å². The molecule has 0 saturated carbocycles. The van der Waals surface area contributed by atoms with Crippen LogP contribution in [0.15, 0.2) is 11.8 Å². The summed E-state index contributed by atoms with van der Waals surface area (Å²) >= 11 is 0. The lowest BCUT2D eigenvalue weighted by molar-refractivity contribution is 0.280. The summed E-state index contributed by atoms with van der Waals surface area (Å²) in [7, 11) is 1.66. The van der Waals surface area contributed by atoms with E-state index >= 15 is 0 Å². The molecule has 0 aromatic carbocycles. The van der Waals surface area contributed by atoms with Gasteiger partial charge in [-0.05, 0) is 23.8 Å². The first-order valence-electron chi connectivity index (χ1n) is 5.79. The van der Waals surface area contributed by atoms with Crippen molar-refractivity contribution in [2.75, 3.05) is 13.7 Å². The molecule has 0 spiro atoms. The third kappa shape index (κ3) is 13.5. The van der Waals surface area contributed by atoms with Gasteiger partial charge in [0.05, 0.1) is 13.7 Å². The number of nitrogens with two attached hydrogens (primary N) is 1. The monoisotopic (exact) mass is 215 g/mol. The summed E-state index contributed by atoms with van der Waals surface area (Å²) in [6.07, 6.45) is 2.09. The summed E-state index contributed by atoms with van der Waals surface area (Å²) in [5.41, 5.74) is 5.44. The second-order valence-corrected chi connectivity index (χ2v) is 4.88. The molecule has 0 aromatic rings. The van der Waals surface area contributed by atoms with Gasteiger partial charge in [-0.25, -0.2) is 0 Å². The number of methoxy groups -OCH3 is 1. The summed E-state index contributed by atoms with van der Waals surface area (Å²) in [4.78, 5) is 0. The van der Waals surface area contributed by atoms with Gasteiger partial charge < -0.3 is 10.5 Å². The van der Waals surface area contributed by atoms with Gasteiger partial charge in [0.1, 0.15) is 5.76 Å². The Bertz CT molecular complexity index is 153. The molecule has 2 nitrogen and oxygen atoms in total. The van der Waals surface area contributed by atoms with Crippen LogP contribution >= 0.6 is 0 Å². The summed E-state index contributed by atoms with van der Waals surface area (Å²) in [5.74, 6) is 2.89. The molecule has 2 N–H and O–H groups in total. The van der Waals surface area contributed by atoms with Crippen LogP contribution in [0.2, 0.25) is 0 Å². The third-order valence-electron chi connectivity index (χ3n) is 1.96. The van der Waals surface area contributed by atoms with Gasteiger partial charge in [0.15, 0.2) is 0 Å². The minimum Gasteiger partial charge on any atom is -0.500 e. The van der Waals surface area contributed by atoms with Crippen LogP contribution in [-0.2, 0) is 4.74 Å². The van der Waals surface area contributed by atoms with Gasteiger partial charge in [0.25, 0.3) is 0 Å². The summed E-state index contributed by atoms with van der Waals surface area (Å²) < 4.78 is 5.06. The molecule has 0 saturated heterocycles. The molecule has 2 heteroatoms. The topological polar surface area (TPSA) is 35.2 Å². The number of hydrogen-bond acceptors (Lipinski definition) is 2. The van der Waals surface area contributed by atoms with E-state index in [0.29, 0.717) is 18.4 Å². The fraction of sp³-hybridized carbons (Fsp3) is 0.846. The molecule has 1 unspecified atom stereocenters. The second kappa shape index (κ2) is 10.0. The maximum absolute atomic E-state index is 5.44. The molecular weight excluding hydrogens is 186 g/mol. The first kappa shape index (κ1) is 16.9. The molecule has 15 heavy (non-hydrogen) atoms. The van der Waals surface area contributed by atoms with Crippen LogP contribution in [0.1, 0.15) is 41.5 Å². The number of rotatable bonds is 4. The minimum atomic E-state index is 0.494. The molecule has 0 aromatic heterocycles. The summed E-state index contributed by atoms with van der Waals surface area (Å²) in [6.45, 7) is 13.5. The minimum absolute atomic E-state index is 0.494. The zero-order chi connectivity index (χ0) is 12.4. The zero-order valence-corrected chi connectivity index (χ0v) is 11.5. The van der Waals surface area contributed by atoms with E-state index < -0.39 is 0 Å².